The average Bonchev–Trinajstić information content (AvgIpc) is 2.60. The molecule has 5 heteroatoms. The Morgan fingerprint density at radius 3 is 1.63 bits per heavy atom. The number of aliphatic hydroxyl groups excluding tert-OH is 1. The van der Waals surface area contributed by atoms with Gasteiger partial charge in [0.2, 0.25) is 0 Å². The van der Waals surface area contributed by atoms with E-state index in [0.29, 0.717) is 17.9 Å². The molecule has 0 amide bonds. The lowest BCUT2D eigenvalue weighted by molar-refractivity contribution is 0.0896. The number of hydrogen-bond donors (Lipinski definition) is 1. The molecule has 1 aliphatic carbocycles. The quantitative estimate of drug-likeness (QED) is 0.770. The molecule has 1 atom stereocenters. The standard InChI is InChI=1S/C16H20Si.C6H12O2S2/c1-16(2,3)17(14-10-6-4-7-11-14)15-12-8-5-9-13-15;1-9-6(10(2)8)3-5(7)4-6/h4-13,17H,1-3H3;5,7H,3-4H2,1-2H3. The third kappa shape index (κ3) is 5.80. The van der Waals surface area contributed by atoms with Gasteiger partial charge in [0.1, 0.15) is 8.80 Å². The van der Waals surface area contributed by atoms with Gasteiger partial charge in [-0.25, -0.2) is 0 Å². The maximum absolute atomic E-state index is 11.1. The summed E-state index contributed by atoms with van der Waals surface area (Å²) in [7, 11) is -1.94. The van der Waals surface area contributed by atoms with Crippen LogP contribution in [0, 0.1) is 0 Å². The third-order valence-corrected chi connectivity index (χ3v) is 12.6. The third-order valence-electron chi connectivity index (χ3n) is 5.12. The fourth-order valence-corrected chi connectivity index (χ4v) is 9.77. The molecule has 0 saturated heterocycles. The van der Waals surface area contributed by atoms with Crippen LogP contribution in [-0.4, -0.2) is 40.8 Å². The van der Waals surface area contributed by atoms with Gasteiger partial charge in [-0.05, 0) is 24.1 Å². The summed E-state index contributed by atoms with van der Waals surface area (Å²) in [4.78, 5) is 0. The van der Waals surface area contributed by atoms with Gasteiger partial charge in [0.05, 0.1) is 10.2 Å². The molecule has 0 radical (unpaired) electrons. The van der Waals surface area contributed by atoms with Crippen LogP contribution in [0.3, 0.4) is 0 Å². The lowest BCUT2D eigenvalue weighted by Gasteiger charge is -2.42. The lowest BCUT2D eigenvalue weighted by atomic mass is 9.95. The van der Waals surface area contributed by atoms with Crippen LogP contribution in [0.5, 0.6) is 0 Å². The number of thioether (sulfide) groups is 1. The number of aliphatic hydroxyl groups is 1. The smallest absolute Gasteiger partial charge is 0.108 e. The first-order chi connectivity index (χ1) is 12.7. The highest BCUT2D eigenvalue weighted by atomic mass is 32.2. The Bertz CT molecular complexity index is 683. The van der Waals surface area contributed by atoms with Gasteiger partial charge < -0.3 is 5.11 Å². The fraction of sp³-hybridized carbons (Fsp3) is 0.455. The van der Waals surface area contributed by atoms with Gasteiger partial charge in [0.25, 0.3) is 0 Å². The molecule has 3 rings (SSSR count). The highest BCUT2D eigenvalue weighted by molar-refractivity contribution is 8.12. The Hall–Kier alpha value is -0.883. The first-order valence-corrected chi connectivity index (χ1v) is 13.9. The Kier molecular flexibility index (Phi) is 7.92. The second-order valence-corrected chi connectivity index (χ2v) is 15.3. The summed E-state index contributed by atoms with van der Waals surface area (Å²) in [6.07, 6.45) is 4.83. The van der Waals surface area contributed by atoms with Crippen molar-refractivity contribution in [3.8, 4) is 0 Å². The average molecular weight is 421 g/mol. The van der Waals surface area contributed by atoms with Crippen LogP contribution in [0.1, 0.15) is 33.6 Å². The summed E-state index contributed by atoms with van der Waals surface area (Å²) >= 11 is 1.61. The first kappa shape index (κ1) is 22.4. The highest BCUT2D eigenvalue weighted by Crippen LogP contribution is 2.45. The second-order valence-electron chi connectivity index (χ2n) is 8.25. The molecule has 27 heavy (non-hydrogen) atoms. The molecule has 0 heterocycles. The zero-order valence-corrected chi connectivity index (χ0v) is 19.8. The van der Waals surface area contributed by atoms with Crippen molar-refractivity contribution < 1.29 is 9.32 Å². The monoisotopic (exact) mass is 420 g/mol. The van der Waals surface area contributed by atoms with Crippen molar-refractivity contribution >= 4 is 41.7 Å². The summed E-state index contributed by atoms with van der Waals surface area (Å²) in [5.74, 6) is 0. The van der Waals surface area contributed by atoms with E-state index in [4.69, 9.17) is 5.11 Å². The van der Waals surface area contributed by atoms with Crippen molar-refractivity contribution in [3.05, 3.63) is 60.7 Å². The van der Waals surface area contributed by atoms with E-state index in [-0.39, 0.29) is 10.2 Å². The molecule has 1 aliphatic rings. The van der Waals surface area contributed by atoms with Crippen LogP contribution in [-0.2, 0) is 10.8 Å². The van der Waals surface area contributed by atoms with Crippen LogP contribution in [0.15, 0.2) is 60.7 Å². The molecule has 1 saturated carbocycles. The van der Waals surface area contributed by atoms with Crippen molar-refractivity contribution in [1.29, 1.82) is 0 Å². The molecule has 1 fully saturated rings. The summed E-state index contributed by atoms with van der Waals surface area (Å²) in [6.45, 7) is 7.09. The Morgan fingerprint density at radius 2 is 1.41 bits per heavy atom. The summed E-state index contributed by atoms with van der Waals surface area (Å²) in [5, 5.41) is 12.4. The van der Waals surface area contributed by atoms with Crippen LogP contribution >= 0.6 is 11.8 Å². The zero-order chi connectivity index (χ0) is 20.1. The molecular weight excluding hydrogens is 388 g/mol. The van der Waals surface area contributed by atoms with Crippen molar-refractivity contribution in [1.82, 2.24) is 0 Å². The molecule has 0 spiro atoms. The van der Waals surface area contributed by atoms with Crippen molar-refractivity contribution in [3.63, 3.8) is 0 Å². The minimum absolute atomic E-state index is 0.126. The highest BCUT2D eigenvalue weighted by Gasteiger charge is 2.46. The molecule has 1 unspecified atom stereocenters. The number of hydrogen-bond acceptors (Lipinski definition) is 3. The molecule has 148 valence electrons. The second kappa shape index (κ2) is 9.55. The van der Waals surface area contributed by atoms with E-state index in [0.717, 1.165) is 0 Å². The van der Waals surface area contributed by atoms with Gasteiger partial charge >= 0.3 is 0 Å². The van der Waals surface area contributed by atoms with Gasteiger partial charge in [-0.3, -0.25) is 4.21 Å². The maximum atomic E-state index is 11.1. The van der Waals surface area contributed by atoms with Crippen LogP contribution in [0.2, 0.25) is 5.04 Å². The minimum Gasteiger partial charge on any atom is -0.393 e. The molecule has 1 N–H and O–H groups in total. The Morgan fingerprint density at radius 1 is 1.00 bits per heavy atom. The van der Waals surface area contributed by atoms with E-state index >= 15 is 0 Å². The van der Waals surface area contributed by atoms with Crippen molar-refractivity contribution in [2.75, 3.05) is 12.5 Å². The topological polar surface area (TPSA) is 37.3 Å². The van der Waals surface area contributed by atoms with Crippen LogP contribution in [0.4, 0.5) is 0 Å². The number of benzene rings is 2. The van der Waals surface area contributed by atoms with Gasteiger partial charge in [-0.1, -0.05) is 91.8 Å². The van der Waals surface area contributed by atoms with E-state index in [1.807, 2.05) is 6.26 Å². The van der Waals surface area contributed by atoms with Gasteiger partial charge in [0.15, 0.2) is 0 Å². The molecule has 2 aromatic carbocycles. The van der Waals surface area contributed by atoms with E-state index in [1.54, 1.807) is 18.0 Å². The fourth-order valence-electron chi connectivity index (χ4n) is 3.66. The van der Waals surface area contributed by atoms with Gasteiger partial charge in [-0.2, -0.15) is 0 Å². The van der Waals surface area contributed by atoms with E-state index in [9.17, 15) is 4.21 Å². The first-order valence-electron chi connectivity index (χ1n) is 9.36. The molecule has 0 aliphatic heterocycles. The molecule has 0 bridgehead atoms. The molecule has 2 aromatic rings. The van der Waals surface area contributed by atoms with E-state index in [1.165, 1.54) is 10.4 Å². The minimum atomic E-state index is -1.14. The predicted molar refractivity (Wildman–Crippen MR) is 125 cm³/mol. The van der Waals surface area contributed by atoms with Gasteiger partial charge in [-0.15, -0.1) is 11.8 Å². The van der Waals surface area contributed by atoms with Crippen LogP contribution < -0.4 is 10.4 Å². The summed E-state index contributed by atoms with van der Waals surface area (Å²) in [6, 6.07) is 22.0. The molecular formula is C22H32O2S2Si. The van der Waals surface area contributed by atoms with Gasteiger partial charge in [0, 0.05) is 17.1 Å². The normalized spacial score (nSPS) is 23.1. The molecule has 0 aromatic heterocycles. The Labute approximate surface area is 172 Å². The maximum Gasteiger partial charge on any atom is 0.108 e. The van der Waals surface area contributed by atoms with Crippen LogP contribution in [0.25, 0.3) is 0 Å². The van der Waals surface area contributed by atoms with Crippen molar-refractivity contribution in [2.45, 2.75) is 48.8 Å². The van der Waals surface area contributed by atoms with E-state index < -0.39 is 19.6 Å². The SMILES string of the molecule is CC(C)(C)[SiH](c1ccccc1)c1ccccc1.CSC1(S(C)=O)CC(O)C1. The summed E-state index contributed by atoms with van der Waals surface area (Å²) < 4.78 is 11.0. The molecule has 2 nitrogen and oxygen atoms in total. The lowest BCUT2D eigenvalue weighted by Crippen LogP contribution is -2.48. The van der Waals surface area contributed by atoms with E-state index in [2.05, 4.69) is 81.4 Å². The zero-order valence-electron chi connectivity index (χ0n) is 17.0. The predicted octanol–water partition coefficient (Wildman–Crippen LogP) is 3.41. The Balaban J connectivity index is 0.000000223. The largest absolute Gasteiger partial charge is 0.393 e. The van der Waals surface area contributed by atoms with Crippen molar-refractivity contribution in [2.24, 2.45) is 0 Å². The summed E-state index contributed by atoms with van der Waals surface area (Å²) in [5.41, 5.74) is 0. The number of rotatable bonds is 4.